The fraction of sp³-hybridized carbons (Fsp3) is 0.263. The summed E-state index contributed by atoms with van der Waals surface area (Å²) in [6.45, 7) is 4.19. The second kappa shape index (κ2) is 8.15. The van der Waals surface area contributed by atoms with Crippen molar-refractivity contribution in [1.29, 1.82) is 0 Å². The van der Waals surface area contributed by atoms with E-state index in [4.69, 9.17) is 0 Å². The lowest BCUT2D eigenvalue weighted by atomic mass is 10.0. The number of hydrogen-bond donors (Lipinski definition) is 3. The average molecular weight is 326 g/mol. The fourth-order valence-corrected chi connectivity index (χ4v) is 2.33. The van der Waals surface area contributed by atoms with E-state index in [2.05, 4.69) is 24.5 Å². The highest BCUT2D eigenvalue weighted by atomic mass is 16.4. The van der Waals surface area contributed by atoms with Crippen LogP contribution in [0.4, 0.5) is 10.5 Å². The van der Waals surface area contributed by atoms with E-state index < -0.39 is 18.0 Å². The molecule has 0 radical (unpaired) electrons. The van der Waals surface area contributed by atoms with Gasteiger partial charge in [-0.2, -0.15) is 0 Å². The van der Waals surface area contributed by atoms with Gasteiger partial charge in [-0.15, -0.1) is 0 Å². The summed E-state index contributed by atoms with van der Waals surface area (Å²) in [4.78, 5) is 23.4. The predicted molar refractivity (Wildman–Crippen MR) is 94.3 cm³/mol. The van der Waals surface area contributed by atoms with Crippen molar-refractivity contribution in [1.82, 2.24) is 5.32 Å². The monoisotopic (exact) mass is 326 g/mol. The van der Waals surface area contributed by atoms with Gasteiger partial charge in [-0.05, 0) is 29.2 Å². The van der Waals surface area contributed by atoms with E-state index in [1.165, 1.54) is 5.56 Å². The van der Waals surface area contributed by atoms with E-state index in [-0.39, 0.29) is 6.42 Å². The Morgan fingerprint density at radius 3 is 2.17 bits per heavy atom. The summed E-state index contributed by atoms with van der Waals surface area (Å²) in [6.07, 6.45) is 0.232. The number of urea groups is 1. The molecule has 0 aliphatic heterocycles. The van der Waals surface area contributed by atoms with Crippen LogP contribution in [0.1, 0.15) is 30.9 Å². The van der Waals surface area contributed by atoms with Crippen LogP contribution in [0.25, 0.3) is 0 Å². The molecule has 24 heavy (non-hydrogen) atoms. The molecule has 0 aromatic heterocycles. The van der Waals surface area contributed by atoms with Crippen LogP contribution in [-0.2, 0) is 11.2 Å². The lowest BCUT2D eigenvalue weighted by Crippen LogP contribution is -2.44. The molecule has 2 aromatic carbocycles. The number of aliphatic carboxylic acids is 1. The number of hydrogen-bond acceptors (Lipinski definition) is 2. The maximum atomic E-state index is 12.1. The summed E-state index contributed by atoms with van der Waals surface area (Å²) in [5.74, 6) is -0.653. The number of rotatable bonds is 6. The summed E-state index contributed by atoms with van der Waals surface area (Å²) < 4.78 is 0. The van der Waals surface area contributed by atoms with Crippen molar-refractivity contribution in [3.05, 3.63) is 65.7 Å². The van der Waals surface area contributed by atoms with E-state index in [9.17, 15) is 14.7 Å². The summed E-state index contributed by atoms with van der Waals surface area (Å²) in [7, 11) is 0. The molecule has 0 saturated carbocycles. The van der Waals surface area contributed by atoms with E-state index in [0.717, 1.165) is 5.56 Å². The minimum atomic E-state index is -1.07. The number of carbonyl (C=O) groups is 2. The van der Waals surface area contributed by atoms with E-state index in [0.29, 0.717) is 11.6 Å². The normalized spacial score (nSPS) is 11.8. The van der Waals surface area contributed by atoms with E-state index in [1.54, 1.807) is 0 Å². The van der Waals surface area contributed by atoms with Crippen LogP contribution in [0.15, 0.2) is 54.6 Å². The van der Waals surface area contributed by atoms with Gasteiger partial charge < -0.3 is 15.7 Å². The van der Waals surface area contributed by atoms with Gasteiger partial charge in [0.25, 0.3) is 0 Å². The first-order valence-corrected chi connectivity index (χ1v) is 7.90. The average Bonchev–Trinajstić information content (AvgIpc) is 2.55. The van der Waals surface area contributed by atoms with Crippen LogP contribution in [0.5, 0.6) is 0 Å². The van der Waals surface area contributed by atoms with Gasteiger partial charge in [0, 0.05) is 12.1 Å². The van der Waals surface area contributed by atoms with Crippen LogP contribution in [0.2, 0.25) is 0 Å². The lowest BCUT2D eigenvalue weighted by molar-refractivity contribution is -0.139. The van der Waals surface area contributed by atoms with Gasteiger partial charge in [-0.1, -0.05) is 56.3 Å². The molecular formula is C19H22N2O3. The third-order valence-electron chi connectivity index (χ3n) is 3.72. The minimum Gasteiger partial charge on any atom is -0.480 e. The van der Waals surface area contributed by atoms with Gasteiger partial charge in [0.15, 0.2) is 0 Å². The molecule has 3 N–H and O–H groups in total. The number of benzene rings is 2. The molecule has 0 spiro atoms. The zero-order valence-corrected chi connectivity index (χ0v) is 13.8. The largest absolute Gasteiger partial charge is 0.480 e. The molecule has 1 atom stereocenters. The molecular weight excluding hydrogens is 304 g/mol. The first-order valence-electron chi connectivity index (χ1n) is 7.90. The number of amides is 2. The van der Waals surface area contributed by atoms with Crippen LogP contribution >= 0.6 is 0 Å². The molecule has 1 unspecified atom stereocenters. The Morgan fingerprint density at radius 1 is 1.00 bits per heavy atom. The van der Waals surface area contributed by atoms with Gasteiger partial charge in [0.05, 0.1) is 0 Å². The van der Waals surface area contributed by atoms with Crippen molar-refractivity contribution in [2.24, 2.45) is 0 Å². The van der Waals surface area contributed by atoms with Crippen LogP contribution in [-0.4, -0.2) is 23.1 Å². The highest BCUT2D eigenvalue weighted by Gasteiger charge is 2.20. The Hall–Kier alpha value is -2.82. The number of nitrogens with one attached hydrogen (secondary N) is 2. The Bertz CT molecular complexity index is 682. The number of anilines is 1. The van der Waals surface area contributed by atoms with Gasteiger partial charge in [0.2, 0.25) is 0 Å². The molecule has 0 heterocycles. The molecule has 2 rings (SSSR count). The second-order valence-electron chi connectivity index (χ2n) is 5.96. The summed E-state index contributed by atoms with van der Waals surface area (Å²) in [5, 5.41) is 14.5. The van der Waals surface area contributed by atoms with Crippen molar-refractivity contribution in [2.75, 3.05) is 5.32 Å². The Labute approximate surface area is 141 Å². The van der Waals surface area contributed by atoms with Gasteiger partial charge >= 0.3 is 12.0 Å². The molecule has 5 heteroatoms. The first kappa shape index (κ1) is 17.5. The first-order chi connectivity index (χ1) is 11.5. The highest BCUT2D eigenvalue weighted by molar-refractivity contribution is 5.92. The van der Waals surface area contributed by atoms with Crippen LogP contribution in [0, 0.1) is 0 Å². The van der Waals surface area contributed by atoms with Crippen LogP contribution in [0.3, 0.4) is 0 Å². The van der Waals surface area contributed by atoms with E-state index >= 15 is 0 Å². The predicted octanol–water partition coefficient (Wildman–Crippen LogP) is 3.63. The van der Waals surface area contributed by atoms with Crippen molar-refractivity contribution in [2.45, 2.75) is 32.2 Å². The highest BCUT2D eigenvalue weighted by Crippen LogP contribution is 2.17. The fourth-order valence-electron chi connectivity index (χ4n) is 2.33. The number of carboxylic acids is 1. The molecule has 126 valence electrons. The maximum Gasteiger partial charge on any atom is 0.326 e. The van der Waals surface area contributed by atoms with Crippen molar-refractivity contribution in [3.63, 3.8) is 0 Å². The molecule has 0 aliphatic carbocycles. The standard InChI is InChI=1S/C19H22N2O3/c1-13(2)15-8-10-16(11-9-15)20-19(24)21-17(18(22)23)12-14-6-4-3-5-7-14/h3-11,13,17H,12H2,1-2H3,(H,22,23)(H2,20,21,24). The molecule has 0 bridgehead atoms. The third-order valence-corrected chi connectivity index (χ3v) is 3.72. The van der Waals surface area contributed by atoms with Crippen molar-refractivity contribution in [3.8, 4) is 0 Å². The topological polar surface area (TPSA) is 78.4 Å². The van der Waals surface area contributed by atoms with Gasteiger partial charge in [0.1, 0.15) is 6.04 Å². The smallest absolute Gasteiger partial charge is 0.326 e. The Kier molecular flexibility index (Phi) is 5.95. The van der Waals surface area contributed by atoms with Gasteiger partial charge in [-0.3, -0.25) is 0 Å². The Balaban J connectivity index is 1.96. The lowest BCUT2D eigenvalue weighted by Gasteiger charge is -2.15. The molecule has 0 fully saturated rings. The Morgan fingerprint density at radius 2 is 1.62 bits per heavy atom. The van der Waals surface area contributed by atoms with Crippen LogP contribution < -0.4 is 10.6 Å². The van der Waals surface area contributed by atoms with E-state index in [1.807, 2.05) is 54.6 Å². The summed E-state index contributed by atoms with van der Waals surface area (Å²) in [6, 6.07) is 15.2. The molecule has 2 amide bonds. The maximum absolute atomic E-state index is 12.1. The molecule has 0 saturated heterocycles. The molecule has 5 nitrogen and oxygen atoms in total. The third kappa shape index (κ3) is 5.12. The zero-order chi connectivity index (χ0) is 17.5. The van der Waals surface area contributed by atoms with Gasteiger partial charge in [-0.25, -0.2) is 9.59 Å². The minimum absolute atomic E-state index is 0.232. The molecule has 2 aromatic rings. The van der Waals surface area contributed by atoms with Crippen molar-refractivity contribution < 1.29 is 14.7 Å². The molecule has 0 aliphatic rings. The van der Waals surface area contributed by atoms with Crippen molar-refractivity contribution >= 4 is 17.7 Å². The number of carbonyl (C=O) groups excluding carboxylic acids is 1. The zero-order valence-electron chi connectivity index (χ0n) is 13.8. The SMILES string of the molecule is CC(C)c1ccc(NC(=O)NC(Cc2ccccc2)C(=O)O)cc1. The summed E-state index contributed by atoms with van der Waals surface area (Å²) >= 11 is 0. The number of carboxylic acid groups (broad SMARTS) is 1. The quantitative estimate of drug-likeness (QED) is 0.758. The summed E-state index contributed by atoms with van der Waals surface area (Å²) in [5.41, 5.74) is 2.65. The second-order valence-corrected chi connectivity index (χ2v) is 5.96.